The van der Waals surface area contributed by atoms with Crippen molar-refractivity contribution in [2.75, 3.05) is 16.0 Å². The Kier molecular flexibility index (Phi) is 4.38. The largest absolute Gasteiger partial charge is 0.481 e. The summed E-state index contributed by atoms with van der Waals surface area (Å²) in [4.78, 5) is 32.3. The Morgan fingerprint density at radius 1 is 1.03 bits per heavy atom. The van der Waals surface area contributed by atoms with Crippen molar-refractivity contribution in [2.24, 2.45) is 0 Å². The van der Waals surface area contributed by atoms with E-state index in [2.05, 4.69) is 25.9 Å². The van der Waals surface area contributed by atoms with Crippen molar-refractivity contribution in [3.63, 3.8) is 0 Å². The normalized spacial score (nSPS) is 12.7. The zero-order valence-electron chi connectivity index (χ0n) is 15.9. The van der Waals surface area contributed by atoms with Crippen LogP contribution in [0.2, 0.25) is 0 Å². The van der Waals surface area contributed by atoms with E-state index >= 15 is 0 Å². The second-order valence-electron chi connectivity index (χ2n) is 7.25. The minimum atomic E-state index is -1.08. The summed E-state index contributed by atoms with van der Waals surface area (Å²) in [6.07, 6.45) is 3.08. The summed E-state index contributed by atoms with van der Waals surface area (Å²) < 4.78 is 0. The van der Waals surface area contributed by atoms with E-state index in [1.807, 2.05) is 6.07 Å². The molecule has 4 N–H and O–H groups in total. The minimum Gasteiger partial charge on any atom is -0.481 e. The molecule has 1 aromatic heterocycles. The lowest BCUT2D eigenvalue weighted by Crippen LogP contribution is -2.28. The van der Waals surface area contributed by atoms with Crippen LogP contribution >= 0.6 is 0 Å². The van der Waals surface area contributed by atoms with Gasteiger partial charge in [-0.3, -0.25) is 9.59 Å². The fraction of sp³-hybridized carbons (Fsp3) is 0.143. The summed E-state index contributed by atoms with van der Waals surface area (Å²) >= 11 is 0. The highest BCUT2D eigenvalue weighted by molar-refractivity contribution is 6.12. The van der Waals surface area contributed by atoms with Gasteiger partial charge in [0.25, 0.3) is 5.91 Å². The van der Waals surface area contributed by atoms with Gasteiger partial charge in [0.2, 0.25) is 0 Å². The van der Waals surface area contributed by atoms with E-state index in [4.69, 9.17) is 0 Å². The first-order valence-corrected chi connectivity index (χ1v) is 8.98. The van der Waals surface area contributed by atoms with Crippen molar-refractivity contribution in [1.82, 2.24) is 9.97 Å². The molecule has 29 heavy (non-hydrogen) atoms. The van der Waals surface area contributed by atoms with Crippen LogP contribution in [-0.4, -0.2) is 27.0 Å². The molecule has 146 valence electrons. The Labute approximate surface area is 167 Å². The predicted octanol–water partition coefficient (Wildman–Crippen LogP) is 3.89. The third-order valence-electron chi connectivity index (χ3n) is 4.91. The number of fused-ring (bicyclic) bond motifs is 2. The number of nitrogens with one attached hydrogen (secondary N) is 3. The minimum absolute atomic E-state index is 0.273. The van der Waals surface area contributed by atoms with Crippen molar-refractivity contribution < 1.29 is 14.7 Å². The van der Waals surface area contributed by atoms with Crippen LogP contribution in [0, 0.1) is 0 Å². The molecule has 8 heteroatoms. The SMILES string of the molecule is CC(C)(C(=O)O)c1ccc2c(c1)NC(=O)c1ccc(Nc3ccncn3)cc1N2. The molecule has 2 heterocycles. The highest BCUT2D eigenvalue weighted by Gasteiger charge is 2.31. The van der Waals surface area contributed by atoms with E-state index in [1.165, 1.54) is 6.33 Å². The number of rotatable bonds is 4. The number of benzene rings is 2. The number of carbonyl (C=O) groups is 2. The fourth-order valence-corrected chi connectivity index (χ4v) is 3.04. The van der Waals surface area contributed by atoms with E-state index in [1.54, 1.807) is 56.4 Å². The summed E-state index contributed by atoms with van der Waals surface area (Å²) in [7, 11) is 0. The highest BCUT2D eigenvalue weighted by Crippen LogP contribution is 2.36. The molecule has 0 aliphatic carbocycles. The van der Waals surface area contributed by atoms with Gasteiger partial charge in [0.1, 0.15) is 12.1 Å². The topological polar surface area (TPSA) is 116 Å². The molecule has 2 aromatic carbocycles. The molecular weight excluding hydrogens is 370 g/mol. The number of aromatic nitrogens is 2. The van der Waals surface area contributed by atoms with Crippen LogP contribution in [0.3, 0.4) is 0 Å². The highest BCUT2D eigenvalue weighted by atomic mass is 16.4. The second kappa shape index (κ2) is 6.90. The van der Waals surface area contributed by atoms with Crippen LogP contribution in [0.1, 0.15) is 29.8 Å². The van der Waals surface area contributed by atoms with E-state index in [-0.39, 0.29) is 5.91 Å². The molecule has 0 fully saturated rings. The lowest BCUT2D eigenvalue weighted by Gasteiger charge is -2.21. The van der Waals surface area contributed by atoms with Gasteiger partial charge >= 0.3 is 5.97 Å². The van der Waals surface area contributed by atoms with Gasteiger partial charge in [-0.25, -0.2) is 9.97 Å². The van der Waals surface area contributed by atoms with Crippen molar-refractivity contribution >= 4 is 40.4 Å². The van der Waals surface area contributed by atoms with Crippen molar-refractivity contribution in [2.45, 2.75) is 19.3 Å². The van der Waals surface area contributed by atoms with Gasteiger partial charge in [0.15, 0.2) is 0 Å². The van der Waals surface area contributed by atoms with Crippen LogP contribution < -0.4 is 16.0 Å². The molecule has 1 aliphatic rings. The first-order valence-electron chi connectivity index (χ1n) is 8.98. The predicted molar refractivity (Wildman–Crippen MR) is 110 cm³/mol. The van der Waals surface area contributed by atoms with Crippen molar-refractivity contribution in [3.05, 3.63) is 66.1 Å². The molecular formula is C21H19N5O3. The molecule has 0 atom stereocenters. The fourth-order valence-electron chi connectivity index (χ4n) is 3.04. The van der Waals surface area contributed by atoms with Gasteiger partial charge in [-0.15, -0.1) is 0 Å². The summed E-state index contributed by atoms with van der Waals surface area (Å²) in [6.45, 7) is 3.26. The van der Waals surface area contributed by atoms with E-state index in [9.17, 15) is 14.7 Å². The summed E-state index contributed by atoms with van der Waals surface area (Å²) in [5.41, 5.74) is 2.61. The maximum Gasteiger partial charge on any atom is 0.313 e. The monoisotopic (exact) mass is 389 g/mol. The second-order valence-corrected chi connectivity index (χ2v) is 7.25. The molecule has 8 nitrogen and oxygen atoms in total. The third-order valence-corrected chi connectivity index (χ3v) is 4.91. The maximum absolute atomic E-state index is 12.7. The van der Waals surface area contributed by atoms with Crippen LogP contribution in [0.15, 0.2) is 55.0 Å². The van der Waals surface area contributed by atoms with Crippen molar-refractivity contribution in [1.29, 1.82) is 0 Å². The molecule has 4 rings (SSSR count). The number of aliphatic carboxylic acids is 1. The number of carboxylic acid groups (broad SMARTS) is 1. The first-order chi connectivity index (χ1) is 13.8. The lowest BCUT2D eigenvalue weighted by atomic mass is 9.84. The Bertz CT molecular complexity index is 1110. The van der Waals surface area contributed by atoms with Crippen LogP contribution in [0.4, 0.5) is 28.6 Å². The number of nitrogens with zero attached hydrogens (tertiary/aromatic N) is 2. The van der Waals surface area contributed by atoms with Crippen LogP contribution in [-0.2, 0) is 10.2 Å². The Balaban J connectivity index is 1.69. The van der Waals surface area contributed by atoms with Crippen molar-refractivity contribution in [3.8, 4) is 0 Å². The summed E-state index contributed by atoms with van der Waals surface area (Å²) in [5, 5.41) is 18.8. The van der Waals surface area contributed by atoms with Gasteiger partial charge in [0.05, 0.1) is 28.0 Å². The summed E-state index contributed by atoms with van der Waals surface area (Å²) in [5.74, 6) is -0.571. The molecule has 0 unspecified atom stereocenters. The van der Waals surface area contributed by atoms with Gasteiger partial charge in [0, 0.05) is 11.9 Å². The molecule has 1 amide bonds. The van der Waals surface area contributed by atoms with Gasteiger partial charge < -0.3 is 21.1 Å². The maximum atomic E-state index is 12.7. The number of anilines is 5. The third kappa shape index (κ3) is 3.47. The Morgan fingerprint density at radius 3 is 2.59 bits per heavy atom. The molecule has 1 aliphatic heterocycles. The molecule has 0 saturated heterocycles. The number of carbonyl (C=O) groups excluding carboxylic acids is 1. The standard InChI is InChI=1S/C21H19N5O3/c1-21(2,20(28)29)12-3-6-15-17(9-12)26-19(27)14-5-4-13(10-16(14)25-15)24-18-7-8-22-11-23-18/h3-11,25H,1-2H3,(H,26,27)(H,28,29)(H,22,23,24). The average molecular weight is 389 g/mol. The number of amides is 1. The average Bonchev–Trinajstić information content (AvgIpc) is 2.83. The first kappa shape index (κ1) is 18.4. The van der Waals surface area contributed by atoms with E-state index in [0.717, 1.165) is 5.69 Å². The summed E-state index contributed by atoms with van der Waals surface area (Å²) in [6, 6.07) is 12.3. The Hall–Kier alpha value is -3.94. The molecule has 3 aromatic rings. The molecule has 0 spiro atoms. The van der Waals surface area contributed by atoms with Gasteiger partial charge in [-0.1, -0.05) is 6.07 Å². The van der Waals surface area contributed by atoms with E-state index < -0.39 is 11.4 Å². The molecule has 0 saturated carbocycles. The van der Waals surface area contributed by atoms with Gasteiger partial charge in [-0.2, -0.15) is 0 Å². The lowest BCUT2D eigenvalue weighted by molar-refractivity contribution is -0.142. The molecule has 0 bridgehead atoms. The number of hydrogen-bond donors (Lipinski definition) is 4. The quantitative estimate of drug-likeness (QED) is 0.535. The van der Waals surface area contributed by atoms with Gasteiger partial charge in [-0.05, 0) is 55.8 Å². The van der Waals surface area contributed by atoms with Crippen LogP contribution in [0.25, 0.3) is 0 Å². The number of carboxylic acids is 1. The zero-order chi connectivity index (χ0) is 20.6. The smallest absolute Gasteiger partial charge is 0.313 e. The van der Waals surface area contributed by atoms with E-state index in [0.29, 0.717) is 34.0 Å². The zero-order valence-corrected chi connectivity index (χ0v) is 15.9. The van der Waals surface area contributed by atoms with Crippen LogP contribution in [0.5, 0.6) is 0 Å². The Morgan fingerprint density at radius 2 is 1.86 bits per heavy atom. The molecule has 0 radical (unpaired) electrons. The number of hydrogen-bond acceptors (Lipinski definition) is 6.